The number of benzene rings is 1. The van der Waals surface area contributed by atoms with Crippen LogP contribution in [0.3, 0.4) is 0 Å². The highest BCUT2D eigenvalue weighted by atomic mass is 19.1. The summed E-state index contributed by atoms with van der Waals surface area (Å²) in [5, 5.41) is 11.4. The van der Waals surface area contributed by atoms with Crippen LogP contribution in [0.2, 0.25) is 0 Å². The van der Waals surface area contributed by atoms with Gasteiger partial charge in [0.2, 0.25) is 5.91 Å². The van der Waals surface area contributed by atoms with E-state index in [0.717, 1.165) is 0 Å². The summed E-state index contributed by atoms with van der Waals surface area (Å²) in [6, 6.07) is 5.25. The van der Waals surface area contributed by atoms with Gasteiger partial charge in [0.25, 0.3) is 0 Å². The largest absolute Gasteiger partial charge is 0.396 e. The molecule has 0 aromatic heterocycles. The smallest absolute Gasteiger partial charge is 0.220 e. The van der Waals surface area contributed by atoms with E-state index in [1.54, 1.807) is 0 Å². The van der Waals surface area contributed by atoms with Gasteiger partial charge in [0.15, 0.2) is 5.78 Å². The summed E-state index contributed by atoms with van der Waals surface area (Å²) in [5.41, 5.74) is 0.401. The second-order valence-corrected chi connectivity index (χ2v) is 4.52. The summed E-state index contributed by atoms with van der Waals surface area (Å²) in [6.45, 7) is 2.21. The molecule has 0 saturated heterocycles. The van der Waals surface area contributed by atoms with Gasteiger partial charge in [-0.1, -0.05) is 6.92 Å². The van der Waals surface area contributed by atoms with Crippen LogP contribution in [0.4, 0.5) is 4.39 Å². The Morgan fingerprint density at radius 3 is 2.47 bits per heavy atom. The molecule has 1 aromatic rings. The quantitative estimate of drug-likeness (QED) is 0.736. The predicted octanol–water partition coefficient (Wildman–Crippen LogP) is 1.53. The number of rotatable bonds is 7. The Morgan fingerprint density at radius 1 is 1.26 bits per heavy atom. The van der Waals surface area contributed by atoms with Crippen molar-refractivity contribution in [2.75, 3.05) is 13.2 Å². The van der Waals surface area contributed by atoms with Crippen LogP contribution in [-0.4, -0.2) is 29.9 Å². The lowest BCUT2D eigenvalue weighted by atomic mass is 10.1. The van der Waals surface area contributed by atoms with Crippen molar-refractivity contribution in [1.29, 1.82) is 0 Å². The van der Waals surface area contributed by atoms with Gasteiger partial charge in [-0.2, -0.15) is 0 Å². The second kappa shape index (κ2) is 7.63. The fraction of sp³-hybridized carbons (Fsp3) is 0.429. The van der Waals surface area contributed by atoms with Crippen molar-refractivity contribution < 1.29 is 19.1 Å². The summed E-state index contributed by atoms with van der Waals surface area (Å²) < 4.78 is 12.7. The first-order chi connectivity index (χ1) is 9.02. The van der Waals surface area contributed by atoms with E-state index in [9.17, 15) is 14.0 Å². The number of Topliss-reactive ketones (excluding diaryl/α,β-unsaturated/α-hetero) is 1. The van der Waals surface area contributed by atoms with Crippen LogP contribution < -0.4 is 5.32 Å². The summed E-state index contributed by atoms with van der Waals surface area (Å²) in [5.74, 6) is -0.815. The molecule has 1 amide bonds. The third-order valence-corrected chi connectivity index (χ3v) is 2.70. The van der Waals surface area contributed by atoms with Gasteiger partial charge in [-0.05, 0) is 30.2 Å². The molecule has 1 atom stereocenters. The van der Waals surface area contributed by atoms with Crippen molar-refractivity contribution in [2.45, 2.75) is 19.8 Å². The third kappa shape index (κ3) is 5.61. The maximum Gasteiger partial charge on any atom is 0.220 e. The average Bonchev–Trinajstić information content (AvgIpc) is 2.42. The Balaban J connectivity index is 2.34. The number of halogens is 1. The van der Waals surface area contributed by atoms with E-state index in [-0.39, 0.29) is 37.1 Å². The molecule has 1 rings (SSSR count). The zero-order chi connectivity index (χ0) is 14.3. The van der Waals surface area contributed by atoms with Gasteiger partial charge in [-0.25, -0.2) is 4.39 Å². The van der Waals surface area contributed by atoms with Crippen LogP contribution in [0.5, 0.6) is 0 Å². The van der Waals surface area contributed by atoms with E-state index >= 15 is 0 Å². The van der Waals surface area contributed by atoms with Gasteiger partial charge >= 0.3 is 0 Å². The van der Waals surface area contributed by atoms with Crippen molar-refractivity contribution in [3.05, 3.63) is 35.6 Å². The topological polar surface area (TPSA) is 66.4 Å². The number of aliphatic hydroxyl groups is 1. The molecule has 0 heterocycles. The first kappa shape index (κ1) is 15.3. The lowest BCUT2D eigenvalue weighted by molar-refractivity contribution is -0.121. The number of amides is 1. The Bertz CT molecular complexity index is 431. The van der Waals surface area contributed by atoms with Crippen LogP contribution in [0.1, 0.15) is 30.1 Å². The number of aliphatic hydroxyl groups excluding tert-OH is 1. The number of hydrogen-bond donors (Lipinski definition) is 2. The molecule has 0 spiro atoms. The fourth-order valence-corrected chi connectivity index (χ4v) is 1.45. The van der Waals surface area contributed by atoms with Gasteiger partial charge < -0.3 is 10.4 Å². The standard InChI is InChI=1S/C14H18FNO3/c1-10(9-17)8-16-14(19)7-6-13(18)11-2-4-12(15)5-3-11/h2-5,10,17H,6-9H2,1H3,(H,16,19). The molecule has 19 heavy (non-hydrogen) atoms. The van der Waals surface area contributed by atoms with E-state index in [4.69, 9.17) is 5.11 Å². The lowest BCUT2D eigenvalue weighted by Crippen LogP contribution is -2.29. The molecule has 0 radical (unpaired) electrons. The van der Waals surface area contributed by atoms with Crippen molar-refractivity contribution >= 4 is 11.7 Å². The zero-order valence-electron chi connectivity index (χ0n) is 10.9. The average molecular weight is 267 g/mol. The highest BCUT2D eigenvalue weighted by molar-refractivity contribution is 5.97. The third-order valence-electron chi connectivity index (χ3n) is 2.70. The fourth-order valence-electron chi connectivity index (χ4n) is 1.45. The molecule has 1 aromatic carbocycles. The molecule has 5 heteroatoms. The first-order valence-corrected chi connectivity index (χ1v) is 6.19. The normalized spacial score (nSPS) is 11.9. The first-order valence-electron chi connectivity index (χ1n) is 6.19. The molecule has 0 fully saturated rings. The minimum Gasteiger partial charge on any atom is -0.396 e. The SMILES string of the molecule is CC(CO)CNC(=O)CCC(=O)c1ccc(F)cc1. The van der Waals surface area contributed by atoms with Crippen molar-refractivity contribution in [2.24, 2.45) is 5.92 Å². The molecule has 4 nitrogen and oxygen atoms in total. The van der Waals surface area contributed by atoms with E-state index in [1.807, 2.05) is 6.92 Å². The predicted molar refractivity (Wildman–Crippen MR) is 69.2 cm³/mol. The van der Waals surface area contributed by atoms with Crippen molar-refractivity contribution in [1.82, 2.24) is 5.32 Å². The maximum atomic E-state index is 12.7. The number of carbonyl (C=O) groups is 2. The van der Waals surface area contributed by atoms with E-state index < -0.39 is 5.82 Å². The number of nitrogens with one attached hydrogen (secondary N) is 1. The van der Waals surface area contributed by atoms with Gasteiger partial charge in [0.1, 0.15) is 5.82 Å². The Hall–Kier alpha value is -1.75. The highest BCUT2D eigenvalue weighted by Gasteiger charge is 2.10. The number of hydrogen-bond acceptors (Lipinski definition) is 3. The Morgan fingerprint density at radius 2 is 1.89 bits per heavy atom. The van der Waals surface area contributed by atoms with Gasteiger partial charge in [-0.3, -0.25) is 9.59 Å². The Labute approximate surface area is 111 Å². The van der Waals surface area contributed by atoms with Crippen LogP contribution in [0, 0.1) is 11.7 Å². The van der Waals surface area contributed by atoms with Crippen molar-refractivity contribution in [3.63, 3.8) is 0 Å². The van der Waals surface area contributed by atoms with Crippen LogP contribution >= 0.6 is 0 Å². The molecular formula is C14H18FNO3. The molecule has 0 aliphatic rings. The van der Waals surface area contributed by atoms with Gasteiger partial charge in [-0.15, -0.1) is 0 Å². The summed E-state index contributed by atoms with van der Waals surface area (Å²) in [7, 11) is 0. The molecule has 1 unspecified atom stereocenters. The second-order valence-electron chi connectivity index (χ2n) is 4.52. The summed E-state index contributed by atoms with van der Waals surface area (Å²) >= 11 is 0. The molecule has 2 N–H and O–H groups in total. The van der Waals surface area contributed by atoms with E-state index in [0.29, 0.717) is 12.1 Å². The lowest BCUT2D eigenvalue weighted by Gasteiger charge is -2.09. The van der Waals surface area contributed by atoms with Gasteiger partial charge in [0.05, 0.1) is 0 Å². The highest BCUT2D eigenvalue weighted by Crippen LogP contribution is 2.07. The minimum absolute atomic E-state index is 0.00301. The molecule has 0 aliphatic heterocycles. The van der Waals surface area contributed by atoms with E-state index in [2.05, 4.69) is 5.32 Å². The molecular weight excluding hydrogens is 249 g/mol. The minimum atomic E-state index is -0.396. The zero-order valence-corrected chi connectivity index (χ0v) is 10.9. The summed E-state index contributed by atoms with van der Waals surface area (Å²) in [4.78, 5) is 23.2. The number of carbonyl (C=O) groups excluding carboxylic acids is 2. The molecule has 0 aliphatic carbocycles. The van der Waals surface area contributed by atoms with E-state index in [1.165, 1.54) is 24.3 Å². The van der Waals surface area contributed by atoms with Gasteiger partial charge in [0, 0.05) is 31.6 Å². The maximum absolute atomic E-state index is 12.7. The van der Waals surface area contributed by atoms with Crippen LogP contribution in [0.25, 0.3) is 0 Å². The molecule has 104 valence electrons. The summed E-state index contributed by atoms with van der Waals surface area (Å²) in [6.07, 6.45) is 0.180. The molecule has 0 bridgehead atoms. The van der Waals surface area contributed by atoms with Crippen LogP contribution in [0.15, 0.2) is 24.3 Å². The van der Waals surface area contributed by atoms with Crippen LogP contribution in [-0.2, 0) is 4.79 Å². The Kier molecular flexibility index (Phi) is 6.15. The molecule has 0 saturated carbocycles. The van der Waals surface area contributed by atoms with Crippen molar-refractivity contribution in [3.8, 4) is 0 Å². The number of ketones is 1. The monoisotopic (exact) mass is 267 g/mol.